The average Bonchev–Trinajstić information content (AvgIpc) is 3.73. The van der Waals surface area contributed by atoms with E-state index in [-0.39, 0.29) is 0 Å². The maximum atomic E-state index is 6.51. The Labute approximate surface area is 282 Å². The Balaban J connectivity index is 1.22. The first-order valence-corrected chi connectivity index (χ1v) is 17.1. The van der Waals surface area contributed by atoms with Gasteiger partial charge < -0.3 is 9.47 Å². The van der Waals surface area contributed by atoms with E-state index in [1.54, 1.807) is 13.3 Å². The minimum Gasteiger partial charge on any atom is -0.497 e. The summed E-state index contributed by atoms with van der Waals surface area (Å²) in [4.78, 5) is 4.69. The second-order valence-electron chi connectivity index (χ2n) is 12.5. The Hall–Kier alpha value is -5.36. The largest absolute Gasteiger partial charge is 0.497 e. The number of nitrogens with zero attached hydrogens (tertiary/aromatic N) is 4. The summed E-state index contributed by atoms with van der Waals surface area (Å²) in [6.45, 7) is 6.74. The zero-order valence-electron chi connectivity index (χ0n) is 28.2. The lowest BCUT2D eigenvalue weighted by Crippen LogP contribution is -1.99. The van der Waals surface area contributed by atoms with Crippen LogP contribution in [0.4, 0.5) is 0 Å². The van der Waals surface area contributed by atoms with Crippen LogP contribution in [0.15, 0.2) is 110 Å². The Kier molecular flexibility index (Phi) is 8.97. The summed E-state index contributed by atoms with van der Waals surface area (Å²) in [5.74, 6) is 3.04. The minimum absolute atomic E-state index is 0.744. The van der Waals surface area contributed by atoms with Crippen LogP contribution < -0.4 is 9.47 Å². The molecule has 48 heavy (non-hydrogen) atoms. The van der Waals surface area contributed by atoms with E-state index in [1.807, 2.05) is 47.3 Å². The number of rotatable bonds is 12. The van der Waals surface area contributed by atoms with E-state index in [0.29, 0.717) is 0 Å². The molecule has 7 aromatic rings. The normalized spacial score (nSPS) is 11.4. The molecule has 242 valence electrons. The molecule has 0 aliphatic rings. The summed E-state index contributed by atoms with van der Waals surface area (Å²) in [7, 11) is 1.67. The quantitative estimate of drug-likeness (QED) is 0.134. The highest BCUT2D eigenvalue weighted by Gasteiger charge is 2.17. The van der Waals surface area contributed by atoms with Crippen molar-refractivity contribution in [3.8, 4) is 39.9 Å². The summed E-state index contributed by atoms with van der Waals surface area (Å²) in [6.07, 6.45) is 12.8. The Morgan fingerprint density at radius 2 is 1.46 bits per heavy atom. The van der Waals surface area contributed by atoms with Gasteiger partial charge in [0.25, 0.3) is 0 Å². The van der Waals surface area contributed by atoms with Crippen molar-refractivity contribution in [1.82, 2.24) is 19.3 Å². The van der Waals surface area contributed by atoms with E-state index in [2.05, 4.69) is 91.1 Å². The minimum atomic E-state index is 0.744. The molecule has 0 fully saturated rings. The zero-order chi connectivity index (χ0) is 33.0. The predicted octanol–water partition coefficient (Wildman–Crippen LogP) is 10.8. The van der Waals surface area contributed by atoms with E-state index in [0.717, 1.165) is 63.4 Å². The van der Waals surface area contributed by atoms with Crippen molar-refractivity contribution in [2.45, 2.75) is 59.3 Å². The topological polar surface area (TPSA) is 54.1 Å². The van der Waals surface area contributed by atoms with Crippen LogP contribution in [0.25, 0.3) is 44.4 Å². The molecule has 0 saturated carbocycles. The van der Waals surface area contributed by atoms with Gasteiger partial charge in [0.05, 0.1) is 30.0 Å². The summed E-state index contributed by atoms with van der Waals surface area (Å²) >= 11 is 0. The van der Waals surface area contributed by atoms with Crippen molar-refractivity contribution in [2.24, 2.45) is 0 Å². The van der Waals surface area contributed by atoms with Crippen LogP contribution in [0.3, 0.4) is 0 Å². The van der Waals surface area contributed by atoms with Crippen molar-refractivity contribution in [2.75, 3.05) is 7.11 Å². The smallest absolute Gasteiger partial charge is 0.141 e. The first-order valence-electron chi connectivity index (χ1n) is 17.1. The number of ether oxygens (including phenoxy) is 2. The number of aromatic nitrogens is 4. The van der Waals surface area contributed by atoms with Gasteiger partial charge in [0, 0.05) is 46.9 Å². The monoisotopic (exact) mass is 634 g/mol. The van der Waals surface area contributed by atoms with Crippen LogP contribution in [0.2, 0.25) is 0 Å². The van der Waals surface area contributed by atoms with E-state index >= 15 is 0 Å². The molecule has 0 spiro atoms. The lowest BCUT2D eigenvalue weighted by Gasteiger charge is -2.15. The fourth-order valence-corrected chi connectivity index (χ4v) is 6.77. The third kappa shape index (κ3) is 6.18. The van der Waals surface area contributed by atoms with E-state index in [4.69, 9.17) is 14.6 Å². The van der Waals surface area contributed by atoms with E-state index in [9.17, 15) is 0 Å². The number of benzene rings is 4. The van der Waals surface area contributed by atoms with E-state index in [1.165, 1.54) is 53.5 Å². The van der Waals surface area contributed by atoms with Crippen molar-refractivity contribution in [3.63, 3.8) is 0 Å². The van der Waals surface area contributed by atoms with Gasteiger partial charge in [-0.3, -0.25) is 4.57 Å². The SMILES string of the molecule is CCCCc1cc(C)cc(CCCC)c1-c1cnn(-c2cccc(Oc3ccc4c5ccccc5n(-c5cc(OC)ccn5)c4c3)c2)c1. The van der Waals surface area contributed by atoms with Gasteiger partial charge in [0.2, 0.25) is 0 Å². The maximum absolute atomic E-state index is 6.51. The van der Waals surface area contributed by atoms with Gasteiger partial charge in [-0.1, -0.05) is 68.7 Å². The summed E-state index contributed by atoms with van der Waals surface area (Å²) in [5.41, 5.74) is 9.76. The molecule has 3 aromatic heterocycles. The Bertz CT molecular complexity index is 2180. The highest BCUT2D eigenvalue weighted by Crippen LogP contribution is 2.36. The Morgan fingerprint density at radius 1 is 0.708 bits per heavy atom. The second-order valence-corrected chi connectivity index (χ2v) is 12.5. The van der Waals surface area contributed by atoms with Crippen LogP contribution in [0.1, 0.15) is 56.2 Å². The lowest BCUT2D eigenvalue weighted by atomic mass is 9.89. The fourth-order valence-electron chi connectivity index (χ4n) is 6.77. The highest BCUT2D eigenvalue weighted by molar-refractivity contribution is 6.09. The van der Waals surface area contributed by atoms with Gasteiger partial charge in [-0.2, -0.15) is 5.10 Å². The number of methoxy groups -OCH3 is 1. The molecule has 3 heterocycles. The molecule has 0 bridgehead atoms. The number of hydrogen-bond acceptors (Lipinski definition) is 4. The third-order valence-corrected chi connectivity index (χ3v) is 9.06. The molecule has 0 aliphatic carbocycles. The van der Waals surface area contributed by atoms with Crippen molar-refractivity contribution in [1.29, 1.82) is 0 Å². The molecule has 4 aromatic carbocycles. The van der Waals surface area contributed by atoms with Crippen LogP contribution in [0, 0.1) is 6.92 Å². The molecule has 0 atom stereocenters. The molecular formula is C42H42N4O2. The first kappa shape index (κ1) is 31.3. The first-order chi connectivity index (χ1) is 23.6. The van der Waals surface area contributed by atoms with Crippen LogP contribution in [0.5, 0.6) is 17.2 Å². The van der Waals surface area contributed by atoms with E-state index < -0.39 is 0 Å². The van der Waals surface area contributed by atoms with Gasteiger partial charge >= 0.3 is 0 Å². The second kappa shape index (κ2) is 13.8. The zero-order valence-corrected chi connectivity index (χ0v) is 28.2. The van der Waals surface area contributed by atoms with Gasteiger partial charge in [-0.05, 0) is 85.7 Å². The van der Waals surface area contributed by atoms with Crippen molar-refractivity contribution in [3.05, 3.63) is 126 Å². The summed E-state index contributed by atoms with van der Waals surface area (Å²) < 4.78 is 16.2. The highest BCUT2D eigenvalue weighted by atomic mass is 16.5. The Morgan fingerprint density at radius 3 is 2.23 bits per heavy atom. The third-order valence-electron chi connectivity index (χ3n) is 9.06. The number of pyridine rings is 1. The van der Waals surface area contributed by atoms with Crippen molar-refractivity contribution < 1.29 is 9.47 Å². The summed E-state index contributed by atoms with van der Waals surface area (Å²) in [5, 5.41) is 7.13. The van der Waals surface area contributed by atoms with Gasteiger partial charge in [0.15, 0.2) is 0 Å². The van der Waals surface area contributed by atoms with Crippen molar-refractivity contribution >= 4 is 21.8 Å². The van der Waals surface area contributed by atoms with Crippen LogP contribution >= 0.6 is 0 Å². The molecule has 0 radical (unpaired) electrons. The molecule has 0 amide bonds. The number of hydrogen-bond donors (Lipinski definition) is 0. The number of aryl methyl sites for hydroxylation is 3. The molecule has 0 saturated heterocycles. The number of para-hydroxylation sites is 1. The molecule has 7 rings (SSSR count). The summed E-state index contributed by atoms with van der Waals surface area (Å²) in [6, 6.07) is 31.3. The average molecular weight is 635 g/mol. The molecule has 6 heteroatoms. The number of fused-ring (bicyclic) bond motifs is 3. The fraction of sp³-hybridized carbons (Fsp3) is 0.238. The van der Waals surface area contributed by atoms with Gasteiger partial charge in [-0.15, -0.1) is 0 Å². The predicted molar refractivity (Wildman–Crippen MR) is 196 cm³/mol. The van der Waals surface area contributed by atoms with Crippen LogP contribution in [-0.2, 0) is 12.8 Å². The molecule has 6 nitrogen and oxygen atoms in total. The molecule has 0 unspecified atom stereocenters. The maximum Gasteiger partial charge on any atom is 0.141 e. The number of unbranched alkanes of at least 4 members (excludes halogenated alkanes) is 2. The van der Waals surface area contributed by atoms with Gasteiger partial charge in [0.1, 0.15) is 23.1 Å². The standard InChI is InChI=1S/C42H42N4O2/c1-5-7-12-30-22-29(3)23-31(13-8-6-2)42(30)32-27-44-45(28-32)33-14-11-15-35(24-33)48-36-18-19-38-37-16-9-10-17-39(37)46(40(38)25-36)41-26-34(47-4)20-21-43-41/h9-11,14-28H,5-8,12-13H2,1-4H3. The lowest BCUT2D eigenvalue weighted by molar-refractivity contribution is 0.414. The molecule has 0 N–H and O–H groups in total. The van der Waals surface area contributed by atoms with Gasteiger partial charge in [-0.25, -0.2) is 9.67 Å². The van der Waals surface area contributed by atoms with Crippen LogP contribution in [-0.4, -0.2) is 26.4 Å². The molecular weight excluding hydrogens is 592 g/mol. The molecule has 0 aliphatic heterocycles.